The van der Waals surface area contributed by atoms with Gasteiger partial charge >= 0.3 is 0 Å². The number of nitriles is 1. The summed E-state index contributed by atoms with van der Waals surface area (Å²) in [6, 6.07) is 13.0. The second kappa shape index (κ2) is 12.3. The summed E-state index contributed by atoms with van der Waals surface area (Å²) in [6.45, 7) is 8.93. The number of hydrogen-bond acceptors (Lipinski definition) is 8. The second-order valence-electron chi connectivity index (χ2n) is 9.76. The number of aromatic nitrogens is 4. The van der Waals surface area contributed by atoms with Gasteiger partial charge in [-0.15, -0.1) is 11.3 Å². The van der Waals surface area contributed by atoms with Gasteiger partial charge in [-0.25, -0.2) is 15.0 Å². The van der Waals surface area contributed by atoms with Crippen LogP contribution in [-0.4, -0.2) is 47.9 Å². The predicted octanol–water partition coefficient (Wildman–Crippen LogP) is 6.00. The highest BCUT2D eigenvalue weighted by Crippen LogP contribution is 2.33. The monoisotopic (exact) mass is 533 g/mol. The molecule has 0 atom stereocenters. The fourth-order valence-corrected chi connectivity index (χ4v) is 5.31. The molecule has 0 aliphatic rings. The molecule has 4 rings (SSSR count). The molecule has 10 heteroatoms. The summed E-state index contributed by atoms with van der Waals surface area (Å²) in [5.74, 6) is 0.799. The first kappa shape index (κ1) is 26.7. The van der Waals surface area contributed by atoms with Crippen LogP contribution in [0.15, 0.2) is 55.1 Å². The standard InChI is InChI=1S/C27H31N5O3SSi/c1-33-22-7-5-20(6-8-22)16-35-17-21(9-11-28)27-29-15-24(36-27)25-23-10-12-32(26(23)31-18-30-25)19-34-13-14-37(2,3)4/h5-10,12,15,18H,13-14,16-17,19H2,1-4H3/b21-9-. The predicted molar refractivity (Wildman–Crippen MR) is 149 cm³/mol. The molecular weight excluding hydrogens is 502 g/mol. The van der Waals surface area contributed by atoms with Crippen molar-refractivity contribution in [2.45, 2.75) is 39.0 Å². The molecule has 0 aliphatic heterocycles. The van der Waals surface area contributed by atoms with Crippen molar-refractivity contribution in [2.75, 3.05) is 20.3 Å². The zero-order valence-corrected chi connectivity index (χ0v) is 23.4. The third-order valence-electron chi connectivity index (χ3n) is 5.72. The first-order valence-corrected chi connectivity index (χ1v) is 16.5. The van der Waals surface area contributed by atoms with Gasteiger partial charge in [-0.1, -0.05) is 31.8 Å². The van der Waals surface area contributed by atoms with Crippen molar-refractivity contribution >= 4 is 36.0 Å². The summed E-state index contributed by atoms with van der Waals surface area (Å²) in [5.41, 5.74) is 3.38. The number of hydrogen-bond donors (Lipinski definition) is 0. The fraction of sp³-hybridized carbons (Fsp3) is 0.333. The molecule has 1 aromatic carbocycles. The van der Waals surface area contributed by atoms with Gasteiger partial charge in [-0.3, -0.25) is 0 Å². The van der Waals surface area contributed by atoms with Crippen LogP contribution in [0.2, 0.25) is 25.7 Å². The van der Waals surface area contributed by atoms with E-state index in [1.807, 2.05) is 41.1 Å². The topological polar surface area (TPSA) is 95.1 Å². The van der Waals surface area contributed by atoms with Crippen LogP contribution < -0.4 is 4.74 Å². The van der Waals surface area contributed by atoms with E-state index in [0.717, 1.165) is 56.1 Å². The summed E-state index contributed by atoms with van der Waals surface area (Å²) >= 11 is 1.48. The maximum atomic E-state index is 9.32. The maximum Gasteiger partial charge on any atom is 0.145 e. The lowest BCUT2D eigenvalue weighted by Gasteiger charge is -2.15. The molecule has 0 saturated heterocycles. The molecule has 0 amide bonds. The molecule has 192 valence electrons. The third-order valence-corrected chi connectivity index (χ3v) is 8.50. The Morgan fingerprint density at radius 2 is 1.92 bits per heavy atom. The van der Waals surface area contributed by atoms with Crippen LogP contribution in [0.5, 0.6) is 5.75 Å². The Hall–Kier alpha value is -3.36. The Morgan fingerprint density at radius 1 is 1.11 bits per heavy atom. The van der Waals surface area contributed by atoms with Gasteiger partial charge < -0.3 is 18.8 Å². The summed E-state index contributed by atoms with van der Waals surface area (Å²) in [7, 11) is 0.506. The van der Waals surface area contributed by atoms with Gasteiger partial charge in [0.05, 0.1) is 37.0 Å². The summed E-state index contributed by atoms with van der Waals surface area (Å²) in [4.78, 5) is 14.5. The van der Waals surface area contributed by atoms with Crippen molar-refractivity contribution in [1.82, 2.24) is 19.5 Å². The molecule has 0 bridgehead atoms. The first-order chi connectivity index (χ1) is 17.9. The van der Waals surface area contributed by atoms with E-state index in [0.29, 0.717) is 13.3 Å². The molecule has 3 heterocycles. The molecule has 0 spiro atoms. The van der Waals surface area contributed by atoms with Gasteiger partial charge in [0.15, 0.2) is 0 Å². The largest absolute Gasteiger partial charge is 0.497 e. The Kier molecular flexibility index (Phi) is 8.84. The zero-order chi connectivity index (χ0) is 26.3. The van der Waals surface area contributed by atoms with E-state index in [4.69, 9.17) is 14.2 Å². The highest BCUT2D eigenvalue weighted by molar-refractivity contribution is 7.16. The second-order valence-corrected chi connectivity index (χ2v) is 16.4. The van der Waals surface area contributed by atoms with Gasteiger partial charge in [0.25, 0.3) is 0 Å². The molecular formula is C27H31N5O3SSi. The van der Waals surface area contributed by atoms with Crippen LogP contribution in [0.25, 0.3) is 27.2 Å². The minimum Gasteiger partial charge on any atom is -0.497 e. The molecule has 0 saturated carbocycles. The average Bonchev–Trinajstić information content (AvgIpc) is 3.54. The quantitative estimate of drug-likeness (QED) is 0.125. The number of rotatable bonds is 12. The number of thiazole rings is 1. The number of nitrogens with zero attached hydrogens (tertiary/aromatic N) is 5. The first-order valence-electron chi connectivity index (χ1n) is 12.0. The van der Waals surface area contributed by atoms with Crippen molar-refractivity contribution < 1.29 is 14.2 Å². The van der Waals surface area contributed by atoms with Crippen molar-refractivity contribution in [3.63, 3.8) is 0 Å². The molecule has 4 aromatic rings. The van der Waals surface area contributed by atoms with E-state index >= 15 is 0 Å². The number of methoxy groups -OCH3 is 1. The Bertz CT molecular complexity index is 1400. The molecule has 8 nitrogen and oxygen atoms in total. The van der Waals surface area contributed by atoms with E-state index < -0.39 is 8.07 Å². The van der Waals surface area contributed by atoms with Gasteiger partial charge in [0.1, 0.15) is 29.5 Å². The van der Waals surface area contributed by atoms with Crippen LogP contribution in [-0.2, 0) is 22.8 Å². The zero-order valence-electron chi connectivity index (χ0n) is 21.6. The van der Waals surface area contributed by atoms with E-state index in [9.17, 15) is 5.26 Å². The van der Waals surface area contributed by atoms with Crippen LogP contribution >= 0.6 is 11.3 Å². The van der Waals surface area contributed by atoms with Gasteiger partial charge in [0.2, 0.25) is 0 Å². The van der Waals surface area contributed by atoms with Crippen LogP contribution in [0, 0.1) is 11.3 Å². The van der Waals surface area contributed by atoms with Gasteiger partial charge in [-0.05, 0) is 29.8 Å². The minimum atomic E-state index is -1.13. The normalized spacial score (nSPS) is 12.1. The van der Waals surface area contributed by atoms with E-state index in [1.165, 1.54) is 17.4 Å². The van der Waals surface area contributed by atoms with Crippen molar-refractivity contribution in [1.29, 1.82) is 5.26 Å². The van der Waals surface area contributed by atoms with E-state index in [-0.39, 0.29) is 6.61 Å². The number of ether oxygens (including phenoxy) is 3. The van der Waals surface area contributed by atoms with Crippen molar-refractivity contribution in [3.05, 3.63) is 65.7 Å². The minimum absolute atomic E-state index is 0.275. The van der Waals surface area contributed by atoms with Crippen LogP contribution in [0.1, 0.15) is 10.6 Å². The average molecular weight is 534 g/mol. The summed E-state index contributed by atoms with van der Waals surface area (Å²) in [6.07, 6.45) is 6.83. The molecule has 0 aliphatic carbocycles. The SMILES string of the molecule is COc1ccc(COC/C(=C/C#N)c2ncc(-c3ncnc4c3ccn4COCC[Si](C)(C)C)s2)cc1. The van der Waals surface area contributed by atoms with E-state index in [2.05, 4.69) is 40.7 Å². The van der Waals surface area contributed by atoms with Crippen LogP contribution in [0.3, 0.4) is 0 Å². The summed E-state index contributed by atoms with van der Waals surface area (Å²) in [5, 5.41) is 11.0. The Balaban J connectivity index is 1.45. The summed E-state index contributed by atoms with van der Waals surface area (Å²) < 4.78 is 19.0. The maximum absolute atomic E-state index is 9.32. The molecule has 0 radical (unpaired) electrons. The molecule has 0 fully saturated rings. The number of fused-ring (bicyclic) bond motifs is 1. The Morgan fingerprint density at radius 3 is 2.65 bits per heavy atom. The lowest BCUT2D eigenvalue weighted by Crippen LogP contribution is -2.22. The lowest BCUT2D eigenvalue weighted by atomic mass is 10.2. The molecule has 3 aromatic heterocycles. The van der Waals surface area contributed by atoms with Crippen molar-refractivity contribution in [3.8, 4) is 22.4 Å². The third kappa shape index (κ3) is 7.11. The fourth-order valence-electron chi connectivity index (χ4n) is 3.62. The smallest absolute Gasteiger partial charge is 0.145 e. The van der Waals surface area contributed by atoms with E-state index in [1.54, 1.807) is 19.6 Å². The van der Waals surface area contributed by atoms with Gasteiger partial charge in [-0.2, -0.15) is 5.26 Å². The Labute approximate surface area is 222 Å². The highest BCUT2D eigenvalue weighted by Gasteiger charge is 2.16. The highest BCUT2D eigenvalue weighted by atomic mass is 32.1. The number of allylic oxidation sites excluding steroid dienone is 1. The molecule has 37 heavy (non-hydrogen) atoms. The molecule has 0 unspecified atom stereocenters. The molecule has 0 N–H and O–H groups in total. The van der Waals surface area contributed by atoms with Crippen molar-refractivity contribution in [2.24, 2.45) is 0 Å². The van der Waals surface area contributed by atoms with Crippen LogP contribution in [0.4, 0.5) is 0 Å². The lowest BCUT2D eigenvalue weighted by molar-refractivity contribution is 0.0899. The number of benzene rings is 1. The van der Waals surface area contributed by atoms with Gasteiger partial charge in [0, 0.05) is 44.1 Å².